The van der Waals surface area contributed by atoms with Crippen LogP contribution in [0.2, 0.25) is 0 Å². The number of fused-ring (bicyclic) bond motifs is 6. The zero-order valence-corrected chi connectivity index (χ0v) is 34.4. The molecule has 3 heteroatoms. The minimum absolute atomic E-state index is 0.886. The first-order chi connectivity index (χ1) is 31.2. The van der Waals surface area contributed by atoms with E-state index in [9.17, 15) is 0 Å². The number of anilines is 3. The highest BCUT2D eigenvalue weighted by atomic mass is 16.3. The van der Waals surface area contributed by atoms with Gasteiger partial charge in [0.25, 0.3) is 0 Å². The summed E-state index contributed by atoms with van der Waals surface area (Å²) in [7, 11) is 0. The third kappa shape index (κ3) is 6.55. The van der Waals surface area contributed by atoms with Gasteiger partial charge in [0.05, 0.1) is 11.0 Å². The van der Waals surface area contributed by atoms with Crippen molar-refractivity contribution in [2.24, 2.45) is 0 Å². The van der Waals surface area contributed by atoms with Crippen molar-refractivity contribution in [1.82, 2.24) is 4.57 Å². The fraction of sp³-hybridized carbons (Fsp3) is 0. The Kier molecular flexibility index (Phi) is 8.83. The fourth-order valence-corrected chi connectivity index (χ4v) is 9.34. The topological polar surface area (TPSA) is 21.3 Å². The summed E-state index contributed by atoms with van der Waals surface area (Å²) in [5.41, 5.74) is 17.8. The van der Waals surface area contributed by atoms with Crippen LogP contribution in [0, 0.1) is 0 Å². The Morgan fingerprint density at radius 2 is 0.730 bits per heavy atom. The Hall–Kier alpha value is -8.40. The molecule has 0 amide bonds. The summed E-state index contributed by atoms with van der Waals surface area (Å²) in [6.07, 6.45) is 0. The predicted octanol–water partition coefficient (Wildman–Crippen LogP) is 16.8. The quantitative estimate of drug-likeness (QED) is 0.153. The molecule has 0 aliphatic carbocycles. The summed E-state index contributed by atoms with van der Waals surface area (Å²) in [4.78, 5) is 2.32. The Balaban J connectivity index is 1.01. The van der Waals surface area contributed by atoms with E-state index in [1.54, 1.807) is 0 Å². The summed E-state index contributed by atoms with van der Waals surface area (Å²) in [6, 6.07) is 87.2. The van der Waals surface area contributed by atoms with Crippen molar-refractivity contribution in [3.8, 4) is 50.2 Å². The fourth-order valence-electron chi connectivity index (χ4n) is 9.34. The van der Waals surface area contributed by atoms with Crippen LogP contribution in [-0.2, 0) is 0 Å². The van der Waals surface area contributed by atoms with Crippen molar-refractivity contribution < 1.29 is 4.42 Å². The van der Waals surface area contributed by atoms with E-state index in [0.717, 1.165) is 89.2 Å². The number of benzene rings is 10. The average Bonchev–Trinajstić information content (AvgIpc) is 3.90. The van der Waals surface area contributed by atoms with Crippen molar-refractivity contribution in [2.75, 3.05) is 4.90 Å². The normalized spacial score (nSPS) is 11.5. The largest absolute Gasteiger partial charge is 0.456 e. The van der Waals surface area contributed by atoms with Crippen LogP contribution in [-0.4, -0.2) is 4.57 Å². The number of hydrogen-bond acceptors (Lipinski definition) is 2. The highest BCUT2D eigenvalue weighted by Crippen LogP contribution is 2.41. The standard InChI is InChI=1S/C60H40N2O/c1-4-19-49(20-5-1)61(50-21-6-2-7-22-50)52-25-15-18-43(38-52)41-16-14-17-42(34-41)46-35-47(37-48(36-46)45-31-33-56-55-27-11-13-29-59(55)63-60(56)40-45)44-30-32-54-53-26-10-12-28-57(53)62(58(54)39-44)51-23-8-3-9-24-51/h1-40H. The summed E-state index contributed by atoms with van der Waals surface area (Å²) in [5.74, 6) is 0. The molecule has 0 radical (unpaired) electrons. The SMILES string of the molecule is c1ccc(N(c2ccccc2)c2cccc(-c3cccc(-c4cc(-c5ccc6c(c5)oc5ccccc56)cc(-c5ccc6c7ccccc7n(-c7ccccc7)c6c5)c4)c3)c2)cc1. The number of nitrogens with zero attached hydrogens (tertiary/aromatic N) is 2. The van der Waals surface area contributed by atoms with E-state index in [4.69, 9.17) is 4.42 Å². The van der Waals surface area contributed by atoms with Crippen molar-refractivity contribution in [3.63, 3.8) is 0 Å². The van der Waals surface area contributed by atoms with E-state index >= 15 is 0 Å². The maximum absolute atomic E-state index is 6.42. The minimum Gasteiger partial charge on any atom is -0.456 e. The molecular formula is C60H40N2O. The first-order valence-corrected chi connectivity index (χ1v) is 21.5. The van der Waals surface area contributed by atoms with Crippen molar-refractivity contribution >= 4 is 60.8 Å². The molecule has 3 nitrogen and oxygen atoms in total. The van der Waals surface area contributed by atoms with Crippen LogP contribution in [0.3, 0.4) is 0 Å². The van der Waals surface area contributed by atoms with E-state index in [1.165, 1.54) is 21.8 Å². The second-order valence-electron chi connectivity index (χ2n) is 16.2. The maximum atomic E-state index is 6.42. The number of furan rings is 1. The third-order valence-electron chi connectivity index (χ3n) is 12.3. The molecule has 0 atom stereocenters. The first kappa shape index (κ1) is 36.5. The smallest absolute Gasteiger partial charge is 0.136 e. The lowest BCUT2D eigenvalue weighted by Crippen LogP contribution is -2.09. The molecule has 0 spiro atoms. The Morgan fingerprint density at radius 1 is 0.270 bits per heavy atom. The molecule has 2 heterocycles. The minimum atomic E-state index is 0.886. The number of aromatic nitrogens is 1. The zero-order chi connectivity index (χ0) is 41.7. The van der Waals surface area contributed by atoms with Gasteiger partial charge in [-0.2, -0.15) is 0 Å². The molecule has 63 heavy (non-hydrogen) atoms. The van der Waals surface area contributed by atoms with Gasteiger partial charge in [-0.05, 0) is 148 Å². The van der Waals surface area contributed by atoms with Crippen molar-refractivity contribution in [3.05, 3.63) is 243 Å². The molecule has 0 aliphatic heterocycles. The summed E-state index contributed by atoms with van der Waals surface area (Å²) in [5, 5.41) is 4.73. The Labute approximate surface area is 366 Å². The van der Waals surface area contributed by atoms with Crippen LogP contribution in [0.4, 0.5) is 17.1 Å². The van der Waals surface area contributed by atoms with Crippen LogP contribution in [0.15, 0.2) is 247 Å². The predicted molar refractivity (Wildman–Crippen MR) is 264 cm³/mol. The van der Waals surface area contributed by atoms with Gasteiger partial charge in [0, 0.05) is 44.3 Å². The van der Waals surface area contributed by atoms with Gasteiger partial charge >= 0.3 is 0 Å². The third-order valence-corrected chi connectivity index (χ3v) is 12.3. The summed E-state index contributed by atoms with van der Waals surface area (Å²) < 4.78 is 8.81. The van der Waals surface area contributed by atoms with Crippen LogP contribution >= 0.6 is 0 Å². The summed E-state index contributed by atoms with van der Waals surface area (Å²) >= 11 is 0. The van der Waals surface area contributed by atoms with E-state index in [-0.39, 0.29) is 0 Å². The van der Waals surface area contributed by atoms with E-state index in [2.05, 4.69) is 240 Å². The van der Waals surface area contributed by atoms with Gasteiger partial charge in [-0.3, -0.25) is 0 Å². The van der Waals surface area contributed by atoms with Gasteiger partial charge in [-0.15, -0.1) is 0 Å². The maximum Gasteiger partial charge on any atom is 0.136 e. The first-order valence-electron chi connectivity index (χ1n) is 21.5. The van der Waals surface area contributed by atoms with Crippen molar-refractivity contribution in [2.45, 2.75) is 0 Å². The molecule has 10 aromatic carbocycles. The molecule has 0 saturated carbocycles. The van der Waals surface area contributed by atoms with Gasteiger partial charge in [0.1, 0.15) is 11.2 Å². The monoisotopic (exact) mass is 804 g/mol. The molecule has 12 rings (SSSR count). The van der Waals surface area contributed by atoms with Crippen LogP contribution in [0.25, 0.3) is 93.9 Å². The van der Waals surface area contributed by atoms with Gasteiger partial charge < -0.3 is 13.9 Å². The molecule has 0 saturated heterocycles. The van der Waals surface area contributed by atoms with Gasteiger partial charge in [0.15, 0.2) is 0 Å². The Morgan fingerprint density at radius 3 is 1.43 bits per heavy atom. The van der Waals surface area contributed by atoms with E-state index in [1.807, 2.05) is 12.1 Å². The van der Waals surface area contributed by atoms with E-state index < -0.39 is 0 Å². The second kappa shape index (κ2) is 15.3. The lowest BCUT2D eigenvalue weighted by Gasteiger charge is -2.26. The van der Waals surface area contributed by atoms with Gasteiger partial charge in [-0.25, -0.2) is 0 Å². The number of hydrogen-bond donors (Lipinski definition) is 0. The lowest BCUT2D eigenvalue weighted by molar-refractivity contribution is 0.669. The molecule has 0 bridgehead atoms. The molecular weight excluding hydrogens is 765 g/mol. The second-order valence-corrected chi connectivity index (χ2v) is 16.2. The highest BCUT2D eigenvalue weighted by molar-refractivity contribution is 6.10. The molecule has 0 fully saturated rings. The van der Waals surface area contributed by atoms with Crippen molar-refractivity contribution in [1.29, 1.82) is 0 Å². The molecule has 0 unspecified atom stereocenters. The van der Waals surface area contributed by atoms with Gasteiger partial charge in [0.2, 0.25) is 0 Å². The van der Waals surface area contributed by atoms with Crippen LogP contribution in [0.5, 0.6) is 0 Å². The molecule has 296 valence electrons. The van der Waals surface area contributed by atoms with Crippen LogP contribution < -0.4 is 4.90 Å². The molecule has 0 N–H and O–H groups in total. The average molecular weight is 805 g/mol. The van der Waals surface area contributed by atoms with E-state index in [0.29, 0.717) is 0 Å². The molecule has 2 aromatic heterocycles. The van der Waals surface area contributed by atoms with Gasteiger partial charge in [-0.1, -0.05) is 140 Å². The number of para-hydroxylation sites is 5. The molecule has 12 aromatic rings. The summed E-state index contributed by atoms with van der Waals surface area (Å²) in [6.45, 7) is 0. The molecule has 0 aliphatic rings. The lowest BCUT2D eigenvalue weighted by atomic mass is 9.91. The highest BCUT2D eigenvalue weighted by Gasteiger charge is 2.17. The Bertz CT molecular complexity index is 3580. The number of rotatable bonds is 8. The zero-order valence-electron chi connectivity index (χ0n) is 34.4. The van der Waals surface area contributed by atoms with Crippen LogP contribution in [0.1, 0.15) is 0 Å².